The molecule has 4 heteroatoms. The quantitative estimate of drug-likeness (QED) is 0.674. The molecule has 2 aromatic rings. The van der Waals surface area contributed by atoms with Gasteiger partial charge in [-0.1, -0.05) is 0 Å². The summed E-state index contributed by atoms with van der Waals surface area (Å²) < 4.78 is 1.82. The maximum Gasteiger partial charge on any atom is 0.158 e. The molecule has 0 aromatic carbocycles. The summed E-state index contributed by atoms with van der Waals surface area (Å²) in [5.41, 5.74) is 2.23. The van der Waals surface area contributed by atoms with Crippen LogP contribution < -0.4 is 0 Å². The predicted molar refractivity (Wildman–Crippen MR) is 53.3 cm³/mol. The number of hydrogen-bond donors (Lipinski definition) is 0. The second-order valence-electron chi connectivity index (χ2n) is 3.15. The van der Waals surface area contributed by atoms with Crippen molar-refractivity contribution in [2.75, 3.05) is 0 Å². The second kappa shape index (κ2) is 3.21. The lowest BCUT2D eigenvalue weighted by Crippen LogP contribution is -1.99. The minimum Gasteiger partial charge on any atom is -0.298 e. The number of carbonyl (C=O) groups is 1. The van der Waals surface area contributed by atoms with Gasteiger partial charge in [0.15, 0.2) is 11.9 Å². The molecule has 0 radical (unpaired) electrons. The topological polar surface area (TPSA) is 47.8 Å². The molecule has 0 amide bonds. The lowest BCUT2D eigenvalue weighted by molar-refractivity contribution is 0.112. The molecule has 72 valence electrons. The Morgan fingerprint density at radius 3 is 3.00 bits per heavy atom. The Labute approximate surface area is 81.6 Å². The van der Waals surface area contributed by atoms with E-state index >= 15 is 0 Å². The van der Waals surface area contributed by atoms with Crippen LogP contribution in [0, 0.1) is 6.92 Å². The third-order valence-corrected chi connectivity index (χ3v) is 2.27. The molecule has 0 bridgehead atoms. The van der Waals surface area contributed by atoms with E-state index in [1.54, 1.807) is 6.20 Å². The molecular formula is C10H11N3O. The molecule has 0 N–H and O–H groups in total. The molecule has 2 heterocycles. The molecule has 14 heavy (non-hydrogen) atoms. The zero-order valence-corrected chi connectivity index (χ0v) is 8.19. The number of aldehydes is 1. The summed E-state index contributed by atoms with van der Waals surface area (Å²) in [7, 11) is 0. The minimum absolute atomic E-state index is 0.633. The SMILES string of the molecule is CCn1ncc2cc(C=O)c(C)nc21. The van der Waals surface area contributed by atoms with Gasteiger partial charge in [-0.3, -0.25) is 4.79 Å². The Kier molecular flexibility index (Phi) is 2.04. The molecule has 0 spiro atoms. The van der Waals surface area contributed by atoms with Crippen molar-refractivity contribution >= 4 is 17.3 Å². The van der Waals surface area contributed by atoms with Gasteiger partial charge in [-0.25, -0.2) is 9.67 Å². The van der Waals surface area contributed by atoms with Gasteiger partial charge in [-0.15, -0.1) is 0 Å². The molecule has 0 aliphatic heterocycles. The highest BCUT2D eigenvalue weighted by Crippen LogP contribution is 2.14. The Morgan fingerprint density at radius 1 is 1.57 bits per heavy atom. The van der Waals surface area contributed by atoms with Crippen LogP contribution in [0.2, 0.25) is 0 Å². The van der Waals surface area contributed by atoms with Gasteiger partial charge in [0.05, 0.1) is 11.9 Å². The lowest BCUT2D eigenvalue weighted by atomic mass is 10.2. The maximum absolute atomic E-state index is 10.7. The van der Waals surface area contributed by atoms with Crippen molar-refractivity contribution in [1.82, 2.24) is 14.8 Å². The standard InChI is InChI=1S/C10H11N3O/c1-3-13-10-8(5-11-13)4-9(6-14)7(2)12-10/h4-6H,3H2,1-2H3. The van der Waals surface area contributed by atoms with Gasteiger partial charge in [0, 0.05) is 17.5 Å². The van der Waals surface area contributed by atoms with E-state index < -0.39 is 0 Å². The van der Waals surface area contributed by atoms with Crippen molar-refractivity contribution in [2.24, 2.45) is 0 Å². The molecule has 0 atom stereocenters. The first-order valence-corrected chi connectivity index (χ1v) is 4.54. The van der Waals surface area contributed by atoms with Crippen LogP contribution in [0.15, 0.2) is 12.3 Å². The van der Waals surface area contributed by atoms with Crippen LogP contribution in [0.3, 0.4) is 0 Å². The lowest BCUT2D eigenvalue weighted by Gasteiger charge is -2.00. The van der Waals surface area contributed by atoms with E-state index in [1.807, 2.05) is 24.6 Å². The van der Waals surface area contributed by atoms with Crippen LogP contribution in [-0.2, 0) is 6.54 Å². The molecule has 0 fully saturated rings. The fourth-order valence-corrected chi connectivity index (χ4v) is 1.46. The van der Waals surface area contributed by atoms with Crippen LogP contribution in [-0.4, -0.2) is 21.1 Å². The first-order valence-electron chi connectivity index (χ1n) is 4.54. The number of aryl methyl sites for hydroxylation is 2. The monoisotopic (exact) mass is 189 g/mol. The summed E-state index contributed by atoms with van der Waals surface area (Å²) in [4.78, 5) is 15.0. The second-order valence-corrected chi connectivity index (χ2v) is 3.15. The summed E-state index contributed by atoms with van der Waals surface area (Å²) >= 11 is 0. The molecule has 2 aromatic heterocycles. The van der Waals surface area contributed by atoms with Gasteiger partial charge in [0.2, 0.25) is 0 Å². The number of carbonyl (C=O) groups excluding carboxylic acids is 1. The maximum atomic E-state index is 10.7. The Bertz CT molecular complexity index is 487. The molecular weight excluding hydrogens is 178 g/mol. The fourth-order valence-electron chi connectivity index (χ4n) is 1.46. The smallest absolute Gasteiger partial charge is 0.158 e. The van der Waals surface area contributed by atoms with Crippen molar-refractivity contribution in [3.8, 4) is 0 Å². The van der Waals surface area contributed by atoms with Gasteiger partial charge in [-0.2, -0.15) is 5.10 Å². The molecule has 0 saturated heterocycles. The third kappa shape index (κ3) is 1.19. The zero-order valence-electron chi connectivity index (χ0n) is 8.19. The first-order chi connectivity index (χ1) is 6.76. The number of nitrogens with zero attached hydrogens (tertiary/aromatic N) is 3. The molecule has 4 nitrogen and oxygen atoms in total. The summed E-state index contributed by atoms with van der Waals surface area (Å²) in [6.45, 7) is 4.63. The first kappa shape index (κ1) is 8.87. The van der Waals surface area contributed by atoms with Gasteiger partial charge in [0.1, 0.15) is 0 Å². The fraction of sp³-hybridized carbons (Fsp3) is 0.300. The van der Waals surface area contributed by atoms with Crippen LogP contribution in [0.1, 0.15) is 23.0 Å². The summed E-state index contributed by atoms with van der Waals surface area (Å²) in [5, 5.41) is 5.08. The van der Waals surface area contributed by atoms with Crippen molar-refractivity contribution < 1.29 is 4.79 Å². The number of hydrogen-bond acceptors (Lipinski definition) is 3. The average Bonchev–Trinajstić information content (AvgIpc) is 2.58. The van der Waals surface area contributed by atoms with E-state index in [9.17, 15) is 4.79 Å². The summed E-state index contributed by atoms with van der Waals surface area (Å²) in [5.74, 6) is 0. The minimum atomic E-state index is 0.633. The Morgan fingerprint density at radius 2 is 2.36 bits per heavy atom. The van der Waals surface area contributed by atoms with Crippen molar-refractivity contribution in [3.63, 3.8) is 0 Å². The van der Waals surface area contributed by atoms with Gasteiger partial charge >= 0.3 is 0 Å². The van der Waals surface area contributed by atoms with Crippen molar-refractivity contribution in [3.05, 3.63) is 23.5 Å². The summed E-state index contributed by atoms with van der Waals surface area (Å²) in [6, 6.07) is 1.82. The molecule has 0 saturated carbocycles. The van der Waals surface area contributed by atoms with Crippen molar-refractivity contribution in [1.29, 1.82) is 0 Å². The van der Waals surface area contributed by atoms with E-state index in [0.29, 0.717) is 5.56 Å². The Hall–Kier alpha value is -1.71. The van der Waals surface area contributed by atoms with Gasteiger partial charge in [-0.05, 0) is 19.9 Å². The van der Waals surface area contributed by atoms with E-state index in [2.05, 4.69) is 10.1 Å². The number of aromatic nitrogens is 3. The van der Waals surface area contributed by atoms with Crippen LogP contribution in [0.25, 0.3) is 11.0 Å². The van der Waals surface area contributed by atoms with Crippen LogP contribution in [0.5, 0.6) is 0 Å². The zero-order chi connectivity index (χ0) is 10.1. The molecule has 0 aliphatic rings. The van der Waals surface area contributed by atoms with E-state index in [0.717, 1.165) is 29.6 Å². The van der Waals surface area contributed by atoms with Crippen molar-refractivity contribution in [2.45, 2.75) is 20.4 Å². The Balaban J connectivity index is 2.75. The highest BCUT2D eigenvalue weighted by atomic mass is 16.1. The van der Waals surface area contributed by atoms with E-state index in [-0.39, 0.29) is 0 Å². The number of pyridine rings is 1. The van der Waals surface area contributed by atoms with E-state index in [1.165, 1.54) is 0 Å². The predicted octanol–water partition coefficient (Wildman–Crippen LogP) is 1.57. The normalized spacial score (nSPS) is 10.7. The largest absolute Gasteiger partial charge is 0.298 e. The molecule has 0 aliphatic carbocycles. The van der Waals surface area contributed by atoms with Crippen LogP contribution in [0.4, 0.5) is 0 Å². The highest BCUT2D eigenvalue weighted by molar-refractivity contribution is 5.85. The average molecular weight is 189 g/mol. The number of rotatable bonds is 2. The van der Waals surface area contributed by atoms with Crippen LogP contribution >= 0.6 is 0 Å². The highest BCUT2D eigenvalue weighted by Gasteiger charge is 2.06. The number of fused-ring (bicyclic) bond motifs is 1. The summed E-state index contributed by atoms with van der Waals surface area (Å²) in [6.07, 6.45) is 2.56. The van der Waals surface area contributed by atoms with Gasteiger partial charge in [0.25, 0.3) is 0 Å². The molecule has 2 rings (SSSR count). The van der Waals surface area contributed by atoms with E-state index in [4.69, 9.17) is 0 Å². The third-order valence-electron chi connectivity index (χ3n) is 2.27. The van der Waals surface area contributed by atoms with Gasteiger partial charge < -0.3 is 0 Å². The molecule has 0 unspecified atom stereocenters.